The van der Waals surface area contributed by atoms with Gasteiger partial charge in [-0.25, -0.2) is 4.98 Å². The quantitative estimate of drug-likeness (QED) is 0.245. The van der Waals surface area contributed by atoms with Crippen LogP contribution in [-0.2, 0) is 0 Å². The highest BCUT2D eigenvalue weighted by Crippen LogP contribution is 2.33. The number of anilines is 1. The second-order valence-electron chi connectivity index (χ2n) is 7.88. The third kappa shape index (κ3) is 4.04. The molecular formula is C25H16N4O6. The number of benzene rings is 4. The van der Waals surface area contributed by atoms with Gasteiger partial charge in [0.2, 0.25) is 5.89 Å². The van der Waals surface area contributed by atoms with Crippen molar-refractivity contribution in [3.63, 3.8) is 0 Å². The van der Waals surface area contributed by atoms with E-state index in [9.17, 15) is 25.0 Å². The number of non-ortho nitro benzene ring substituents is 2. The van der Waals surface area contributed by atoms with Crippen LogP contribution in [0.5, 0.6) is 0 Å². The standard InChI is InChI=1S/C25H16N4O6/c1-14-6-8-21(20-5-3-2-4-19(14)20)25-27-22-12-16(7-9-23(22)35-25)26-24(30)15-10-17(28(31)32)13-18(11-15)29(33)34/h2-13H,1H3,(H,26,30). The molecule has 0 saturated heterocycles. The lowest BCUT2D eigenvalue weighted by molar-refractivity contribution is -0.394. The van der Waals surface area contributed by atoms with E-state index in [1.54, 1.807) is 18.2 Å². The van der Waals surface area contributed by atoms with E-state index in [2.05, 4.69) is 10.3 Å². The van der Waals surface area contributed by atoms with Crippen LogP contribution in [0.4, 0.5) is 17.1 Å². The lowest BCUT2D eigenvalue weighted by Gasteiger charge is -2.05. The van der Waals surface area contributed by atoms with Crippen LogP contribution in [0, 0.1) is 27.2 Å². The van der Waals surface area contributed by atoms with Crippen molar-refractivity contribution >= 4 is 44.8 Å². The highest BCUT2D eigenvalue weighted by Gasteiger charge is 2.20. The molecule has 1 aromatic heterocycles. The van der Waals surface area contributed by atoms with Crippen molar-refractivity contribution in [2.45, 2.75) is 6.92 Å². The van der Waals surface area contributed by atoms with Crippen molar-refractivity contribution in [2.24, 2.45) is 0 Å². The lowest BCUT2D eigenvalue weighted by Crippen LogP contribution is -2.12. The Bertz CT molecular complexity index is 1640. The Morgan fingerprint density at radius 3 is 2.26 bits per heavy atom. The first-order valence-corrected chi connectivity index (χ1v) is 10.4. The summed E-state index contributed by atoms with van der Waals surface area (Å²) in [5.41, 5.74) is 2.01. The number of carbonyl (C=O) groups is 1. The number of nitro benzene ring substituents is 2. The van der Waals surface area contributed by atoms with Gasteiger partial charge in [0.15, 0.2) is 5.58 Å². The smallest absolute Gasteiger partial charge is 0.277 e. The van der Waals surface area contributed by atoms with Crippen LogP contribution in [0.2, 0.25) is 0 Å². The molecule has 10 heteroatoms. The van der Waals surface area contributed by atoms with Gasteiger partial charge >= 0.3 is 0 Å². The van der Waals surface area contributed by atoms with Crippen molar-refractivity contribution < 1.29 is 19.1 Å². The molecule has 0 atom stereocenters. The summed E-state index contributed by atoms with van der Waals surface area (Å²) in [6.45, 7) is 2.03. The van der Waals surface area contributed by atoms with Crippen LogP contribution >= 0.6 is 0 Å². The fourth-order valence-electron chi connectivity index (χ4n) is 3.90. The molecule has 1 amide bonds. The van der Waals surface area contributed by atoms with E-state index in [1.807, 2.05) is 43.3 Å². The number of nitrogens with zero attached hydrogens (tertiary/aromatic N) is 3. The number of hydrogen-bond donors (Lipinski definition) is 1. The number of fused-ring (bicyclic) bond motifs is 2. The Morgan fingerprint density at radius 1 is 0.886 bits per heavy atom. The Labute approximate surface area is 197 Å². The van der Waals surface area contributed by atoms with Crippen molar-refractivity contribution in [1.82, 2.24) is 4.98 Å². The predicted molar refractivity (Wildman–Crippen MR) is 129 cm³/mol. The molecule has 0 aliphatic rings. The van der Waals surface area contributed by atoms with Gasteiger partial charge in [-0.2, -0.15) is 0 Å². The van der Waals surface area contributed by atoms with E-state index < -0.39 is 27.1 Å². The number of oxazole rings is 1. The Morgan fingerprint density at radius 2 is 1.57 bits per heavy atom. The maximum Gasteiger partial charge on any atom is 0.277 e. The number of amides is 1. The number of nitro groups is 2. The molecule has 0 saturated carbocycles. The zero-order chi connectivity index (χ0) is 24.7. The fraction of sp³-hybridized carbons (Fsp3) is 0.0400. The number of aryl methyl sites for hydroxylation is 1. The first kappa shape index (κ1) is 21.7. The first-order chi connectivity index (χ1) is 16.8. The molecule has 1 N–H and O–H groups in total. The molecule has 0 spiro atoms. The SMILES string of the molecule is Cc1ccc(-c2nc3cc(NC(=O)c4cc([N+](=O)[O-])cc([N+](=O)[O-])c4)ccc3o2)c2ccccc12. The van der Waals surface area contributed by atoms with Crippen molar-refractivity contribution in [3.05, 3.63) is 104 Å². The Balaban J connectivity index is 1.48. The van der Waals surface area contributed by atoms with Crippen LogP contribution in [0.3, 0.4) is 0 Å². The van der Waals surface area contributed by atoms with Crippen molar-refractivity contribution in [1.29, 1.82) is 0 Å². The normalized spacial score (nSPS) is 11.0. The molecule has 5 rings (SSSR count). The molecule has 4 aromatic carbocycles. The van der Waals surface area contributed by atoms with Crippen LogP contribution in [0.25, 0.3) is 33.3 Å². The molecular weight excluding hydrogens is 452 g/mol. The van der Waals surface area contributed by atoms with E-state index >= 15 is 0 Å². The highest BCUT2D eigenvalue weighted by molar-refractivity contribution is 6.06. The van der Waals surface area contributed by atoms with Gasteiger partial charge in [0.1, 0.15) is 5.52 Å². The minimum atomic E-state index is -0.790. The van der Waals surface area contributed by atoms with Gasteiger partial charge in [0.25, 0.3) is 17.3 Å². The Hall–Kier alpha value is -5.12. The molecule has 5 aromatic rings. The van der Waals surface area contributed by atoms with E-state index in [4.69, 9.17) is 4.42 Å². The average Bonchev–Trinajstić information content (AvgIpc) is 3.27. The summed E-state index contributed by atoms with van der Waals surface area (Å²) < 4.78 is 5.96. The summed E-state index contributed by atoms with van der Waals surface area (Å²) in [7, 11) is 0. The van der Waals surface area contributed by atoms with E-state index in [0.717, 1.165) is 40.1 Å². The zero-order valence-electron chi connectivity index (χ0n) is 18.2. The van der Waals surface area contributed by atoms with Gasteiger partial charge in [0.05, 0.1) is 21.5 Å². The van der Waals surface area contributed by atoms with Gasteiger partial charge in [-0.05, 0) is 47.5 Å². The maximum atomic E-state index is 12.7. The molecule has 0 aliphatic carbocycles. The topological polar surface area (TPSA) is 141 Å². The van der Waals surface area contributed by atoms with Crippen molar-refractivity contribution in [3.8, 4) is 11.5 Å². The summed E-state index contributed by atoms with van der Waals surface area (Å²) in [6.07, 6.45) is 0. The van der Waals surface area contributed by atoms with E-state index in [1.165, 1.54) is 0 Å². The van der Waals surface area contributed by atoms with Crippen LogP contribution in [0.15, 0.2) is 77.2 Å². The van der Waals surface area contributed by atoms with Gasteiger partial charge < -0.3 is 9.73 Å². The molecule has 0 aliphatic heterocycles. The molecule has 1 heterocycles. The first-order valence-electron chi connectivity index (χ1n) is 10.4. The van der Waals surface area contributed by atoms with E-state index in [0.29, 0.717) is 22.7 Å². The minimum Gasteiger partial charge on any atom is -0.436 e. The lowest BCUT2D eigenvalue weighted by atomic mass is 10.0. The minimum absolute atomic E-state index is 0.210. The second-order valence-corrected chi connectivity index (χ2v) is 7.88. The van der Waals surface area contributed by atoms with E-state index in [-0.39, 0.29) is 5.56 Å². The largest absolute Gasteiger partial charge is 0.436 e. The van der Waals surface area contributed by atoms with Gasteiger partial charge in [-0.1, -0.05) is 30.3 Å². The van der Waals surface area contributed by atoms with Gasteiger partial charge in [-0.3, -0.25) is 25.0 Å². The van der Waals surface area contributed by atoms with Crippen LogP contribution in [-0.4, -0.2) is 20.7 Å². The fourth-order valence-corrected chi connectivity index (χ4v) is 3.90. The monoisotopic (exact) mass is 468 g/mol. The van der Waals surface area contributed by atoms with Crippen LogP contribution in [0.1, 0.15) is 15.9 Å². The molecule has 0 radical (unpaired) electrons. The third-order valence-electron chi connectivity index (χ3n) is 5.60. The number of aromatic nitrogens is 1. The second kappa shape index (κ2) is 8.34. The number of carbonyl (C=O) groups excluding carboxylic acids is 1. The molecule has 35 heavy (non-hydrogen) atoms. The molecule has 172 valence electrons. The maximum absolute atomic E-state index is 12.7. The van der Waals surface area contributed by atoms with Crippen molar-refractivity contribution in [2.75, 3.05) is 5.32 Å². The molecule has 0 unspecified atom stereocenters. The highest BCUT2D eigenvalue weighted by atomic mass is 16.6. The molecule has 0 bridgehead atoms. The Kier molecular flexibility index (Phi) is 5.17. The third-order valence-corrected chi connectivity index (χ3v) is 5.60. The summed E-state index contributed by atoms with van der Waals surface area (Å²) >= 11 is 0. The van der Waals surface area contributed by atoms with Gasteiger partial charge in [-0.15, -0.1) is 0 Å². The van der Waals surface area contributed by atoms with Crippen LogP contribution < -0.4 is 5.32 Å². The summed E-state index contributed by atoms with van der Waals surface area (Å²) in [5, 5.41) is 26.9. The summed E-state index contributed by atoms with van der Waals surface area (Å²) in [5.74, 6) is -0.307. The predicted octanol–water partition coefficient (Wildman–Crippen LogP) is 6.03. The van der Waals surface area contributed by atoms with Gasteiger partial charge in [0, 0.05) is 23.4 Å². The average molecular weight is 468 g/mol. The number of nitrogens with one attached hydrogen (secondary N) is 1. The summed E-state index contributed by atoms with van der Waals surface area (Å²) in [4.78, 5) is 37.9. The summed E-state index contributed by atoms with van der Waals surface area (Å²) in [6, 6.07) is 19.5. The number of hydrogen-bond acceptors (Lipinski definition) is 7. The number of rotatable bonds is 5. The zero-order valence-corrected chi connectivity index (χ0v) is 18.2. The molecule has 0 fully saturated rings. The molecule has 10 nitrogen and oxygen atoms in total.